The summed E-state index contributed by atoms with van der Waals surface area (Å²) in [6.45, 7) is 4.54. The number of amides is 1. The Morgan fingerprint density at radius 3 is 2.26 bits per heavy atom. The van der Waals surface area contributed by atoms with Crippen LogP contribution < -0.4 is 0 Å². The first kappa shape index (κ1) is 24.2. The monoisotopic (exact) mass is 475 g/mol. The molecule has 1 amide bonds. The third-order valence-electron chi connectivity index (χ3n) is 6.06. The van der Waals surface area contributed by atoms with Crippen LogP contribution in [0.1, 0.15) is 37.0 Å². The minimum absolute atomic E-state index is 0.200. The number of para-hydroxylation sites is 1. The maximum atomic E-state index is 13.2. The minimum Gasteiger partial charge on any atom is -0.466 e. The van der Waals surface area contributed by atoms with Crippen LogP contribution in [0.3, 0.4) is 0 Å². The van der Waals surface area contributed by atoms with E-state index in [4.69, 9.17) is 9.47 Å². The van der Waals surface area contributed by atoms with E-state index in [-0.39, 0.29) is 23.4 Å². The van der Waals surface area contributed by atoms with Crippen molar-refractivity contribution >= 4 is 17.8 Å². The molecule has 8 heteroatoms. The highest BCUT2D eigenvalue weighted by atomic mass is 16.5. The minimum atomic E-state index is -0.967. The van der Waals surface area contributed by atoms with Gasteiger partial charge in [0.05, 0.1) is 18.2 Å². The summed E-state index contributed by atoms with van der Waals surface area (Å²) >= 11 is 0. The Hall–Kier alpha value is -3.94. The normalized spacial score (nSPS) is 14.9. The summed E-state index contributed by atoms with van der Waals surface area (Å²) < 4.78 is 12.3. The van der Waals surface area contributed by atoms with Crippen molar-refractivity contribution < 1.29 is 23.9 Å². The number of nitrogens with zero attached hydrogens (tertiary/aromatic N) is 3. The van der Waals surface area contributed by atoms with Crippen LogP contribution in [0.4, 0.5) is 0 Å². The molecule has 0 spiro atoms. The molecule has 0 aliphatic carbocycles. The van der Waals surface area contributed by atoms with Crippen molar-refractivity contribution in [1.82, 2.24) is 14.7 Å². The van der Waals surface area contributed by atoms with Gasteiger partial charge in [0.2, 0.25) is 0 Å². The quantitative estimate of drug-likeness (QED) is 0.482. The standard InChI is InChI=1S/C27H29N3O5/c1-3-34-26(32)21-14-16-29(17-15-21)25(31)19(2)35-27(33)23-18-30(22-12-8-5-9-13-22)28-24(23)20-10-6-4-7-11-20/h4-13,18-19,21H,3,14-17H2,1-2H3. The molecule has 0 bridgehead atoms. The molecule has 0 radical (unpaired) electrons. The third-order valence-corrected chi connectivity index (χ3v) is 6.06. The highest BCUT2D eigenvalue weighted by Gasteiger charge is 2.32. The average molecular weight is 476 g/mol. The van der Waals surface area contributed by atoms with E-state index in [2.05, 4.69) is 5.10 Å². The van der Waals surface area contributed by atoms with E-state index in [9.17, 15) is 14.4 Å². The van der Waals surface area contributed by atoms with Gasteiger partial charge in [-0.1, -0.05) is 48.5 Å². The van der Waals surface area contributed by atoms with E-state index in [1.807, 2.05) is 60.7 Å². The Balaban J connectivity index is 1.48. The number of aromatic nitrogens is 2. The lowest BCUT2D eigenvalue weighted by Crippen LogP contribution is -2.45. The predicted octanol–water partition coefficient (Wildman–Crippen LogP) is 3.89. The third kappa shape index (κ3) is 5.59. The van der Waals surface area contributed by atoms with Gasteiger partial charge in [-0.2, -0.15) is 5.10 Å². The van der Waals surface area contributed by atoms with E-state index in [1.54, 1.807) is 29.6 Å². The van der Waals surface area contributed by atoms with Crippen LogP contribution in [0.5, 0.6) is 0 Å². The van der Waals surface area contributed by atoms with Crippen LogP contribution >= 0.6 is 0 Å². The lowest BCUT2D eigenvalue weighted by atomic mass is 9.97. The van der Waals surface area contributed by atoms with Crippen molar-refractivity contribution in [3.63, 3.8) is 0 Å². The number of ether oxygens (including phenoxy) is 2. The summed E-state index contributed by atoms with van der Waals surface area (Å²) in [4.78, 5) is 39.7. The molecule has 0 N–H and O–H groups in total. The van der Waals surface area contributed by atoms with Crippen molar-refractivity contribution in [2.45, 2.75) is 32.8 Å². The Morgan fingerprint density at radius 1 is 1.00 bits per heavy atom. The van der Waals surface area contributed by atoms with Gasteiger partial charge < -0.3 is 14.4 Å². The van der Waals surface area contributed by atoms with Crippen molar-refractivity contribution in [2.24, 2.45) is 5.92 Å². The fourth-order valence-electron chi connectivity index (χ4n) is 4.17. The topological polar surface area (TPSA) is 90.7 Å². The second-order valence-electron chi connectivity index (χ2n) is 8.44. The molecule has 1 fully saturated rings. The summed E-state index contributed by atoms with van der Waals surface area (Å²) in [6.07, 6.45) is 1.73. The van der Waals surface area contributed by atoms with Crippen LogP contribution in [0.15, 0.2) is 66.9 Å². The molecule has 0 saturated carbocycles. The zero-order valence-electron chi connectivity index (χ0n) is 19.9. The van der Waals surface area contributed by atoms with Gasteiger partial charge in [-0.25, -0.2) is 9.48 Å². The molecule has 1 aliphatic rings. The first-order chi connectivity index (χ1) is 17.0. The molecule has 1 atom stereocenters. The van der Waals surface area contributed by atoms with Crippen molar-refractivity contribution in [2.75, 3.05) is 19.7 Å². The van der Waals surface area contributed by atoms with E-state index < -0.39 is 12.1 Å². The number of piperidine rings is 1. The highest BCUT2D eigenvalue weighted by Crippen LogP contribution is 2.25. The molecular weight excluding hydrogens is 446 g/mol. The van der Waals surface area contributed by atoms with Crippen LogP contribution in [-0.4, -0.2) is 58.3 Å². The number of likely N-dealkylation sites (tertiary alicyclic amines) is 1. The second-order valence-corrected chi connectivity index (χ2v) is 8.44. The zero-order chi connectivity index (χ0) is 24.8. The first-order valence-corrected chi connectivity index (χ1v) is 11.8. The maximum Gasteiger partial charge on any atom is 0.342 e. The van der Waals surface area contributed by atoms with Crippen LogP contribution in [0, 0.1) is 5.92 Å². The summed E-state index contributed by atoms with van der Waals surface area (Å²) in [5, 5.41) is 4.63. The van der Waals surface area contributed by atoms with E-state index in [1.165, 1.54) is 0 Å². The van der Waals surface area contributed by atoms with Gasteiger partial charge in [-0.15, -0.1) is 0 Å². The average Bonchev–Trinajstić information content (AvgIpc) is 3.35. The number of carbonyl (C=O) groups is 3. The number of hydrogen-bond acceptors (Lipinski definition) is 6. The van der Waals surface area contributed by atoms with Gasteiger partial charge in [0.15, 0.2) is 6.10 Å². The van der Waals surface area contributed by atoms with E-state index in [0.29, 0.717) is 38.2 Å². The zero-order valence-corrected chi connectivity index (χ0v) is 19.9. The highest BCUT2D eigenvalue weighted by molar-refractivity contribution is 5.97. The molecule has 8 nitrogen and oxygen atoms in total. The molecule has 3 aromatic rings. The lowest BCUT2D eigenvalue weighted by Gasteiger charge is -2.32. The largest absolute Gasteiger partial charge is 0.466 e. The Kier molecular flexibility index (Phi) is 7.60. The Bertz CT molecular complexity index is 1170. The second kappa shape index (κ2) is 11.0. The Morgan fingerprint density at radius 2 is 1.63 bits per heavy atom. The molecular formula is C27H29N3O5. The van der Waals surface area contributed by atoms with Gasteiger partial charge in [0.25, 0.3) is 5.91 Å². The van der Waals surface area contributed by atoms with E-state index in [0.717, 1.165) is 11.3 Å². The molecule has 1 unspecified atom stereocenters. The lowest BCUT2D eigenvalue weighted by molar-refractivity contribution is -0.152. The van der Waals surface area contributed by atoms with Crippen molar-refractivity contribution in [1.29, 1.82) is 0 Å². The summed E-state index contributed by atoms with van der Waals surface area (Å²) in [6, 6.07) is 18.9. The summed E-state index contributed by atoms with van der Waals surface area (Å²) in [5.74, 6) is -1.32. The molecule has 2 heterocycles. The smallest absolute Gasteiger partial charge is 0.342 e. The molecule has 1 aromatic heterocycles. The summed E-state index contributed by atoms with van der Waals surface area (Å²) in [5.41, 5.74) is 2.33. The van der Waals surface area contributed by atoms with Crippen LogP contribution in [-0.2, 0) is 19.1 Å². The van der Waals surface area contributed by atoms with Crippen molar-refractivity contribution in [3.05, 3.63) is 72.4 Å². The first-order valence-electron chi connectivity index (χ1n) is 11.8. The number of rotatable bonds is 7. The van der Waals surface area contributed by atoms with Gasteiger partial charge in [-0.3, -0.25) is 9.59 Å². The van der Waals surface area contributed by atoms with E-state index >= 15 is 0 Å². The number of benzene rings is 2. The van der Waals surface area contributed by atoms with Crippen LogP contribution in [0.25, 0.3) is 16.9 Å². The molecule has 2 aromatic carbocycles. The molecule has 1 aliphatic heterocycles. The number of hydrogen-bond donors (Lipinski definition) is 0. The summed E-state index contributed by atoms with van der Waals surface area (Å²) in [7, 11) is 0. The fraction of sp³-hybridized carbons (Fsp3) is 0.333. The molecule has 4 rings (SSSR count). The van der Waals surface area contributed by atoms with Gasteiger partial charge in [-0.05, 0) is 38.8 Å². The maximum absolute atomic E-state index is 13.2. The van der Waals surface area contributed by atoms with Crippen molar-refractivity contribution in [3.8, 4) is 16.9 Å². The van der Waals surface area contributed by atoms with Gasteiger partial charge in [0.1, 0.15) is 11.3 Å². The molecule has 182 valence electrons. The van der Waals surface area contributed by atoms with Crippen LogP contribution in [0.2, 0.25) is 0 Å². The molecule has 35 heavy (non-hydrogen) atoms. The fourth-order valence-corrected chi connectivity index (χ4v) is 4.17. The van der Waals surface area contributed by atoms with Gasteiger partial charge >= 0.3 is 11.9 Å². The van der Waals surface area contributed by atoms with Gasteiger partial charge in [0, 0.05) is 24.8 Å². The number of esters is 2. The Labute approximate surface area is 204 Å². The SMILES string of the molecule is CCOC(=O)C1CCN(C(=O)C(C)OC(=O)c2cn(-c3ccccc3)nc2-c2ccccc2)CC1. The predicted molar refractivity (Wildman–Crippen MR) is 130 cm³/mol. The number of carbonyl (C=O) groups excluding carboxylic acids is 3. The molecule has 1 saturated heterocycles.